The highest BCUT2D eigenvalue weighted by Crippen LogP contribution is 2.53. The smallest absolute Gasteiger partial charge is 0.248 e. The highest BCUT2D eigenvalue weighted by molar-refractivity contribution is 6.06. The second kappa shape index (κ2) is 9.89. The first-order chi connectivity index (χ1) is 19.5. The van der Waals surface area contributed by atoms with Crippen LogP contribution >= 0.6 is 0 Å². The van der Waals surface area contributed by atoms with Crippen LogP contribution in [-0.4, -0.2) is 14.4 Å². The van der Waals surface area contributed by atoms with Crippen molar-refractivity contribution in [3.8, 4) is 0 Å². The molecule has 1 aliphatic rings. The quantitative estimate of drug-likeness (QED) is 0.121. The van der Waals surface area contributed by atoms with E-state index in [2.05, 4.69) is 129 Å². The minimum absolute atomic E-state index is 0.00751. The molecule has 4 heteroatoms. The number of hydrogen-bond acceptors (Lipinski definition) is 2. The van der Waals surface area contributed by atoms with Crippen molar-refractivity contribution in [3.05, 3.63) is 59.7 Å². The molecule has 1 aromatic carbocycles. The summed E-state index contributed by atoms with van der Waals surface area (Å²) in [7, 11) is 0. The topological polar surface area (TPSA) is 34.1 Å². The first-order valence-corrected chi connectivity index (χ1v) is 16.4. The lowest BCUT2D eigenvalue weighted by atomic mass is 9.60. The van der Waals surface area contributed by atoms with E-state index in [4.69, 9.17) is 9.97 Å². The number of imidazole rings is 1. The number of benzene rings is 1. The molecule has 0 amide bonds. The molecule has 3 aromatic heterocycles. The number of pyridine rings is 1. The number of allylic oxidation sites excluding steroid dienone is 1. The normalized spacial score (nSPS) is 21.2. The van der Waals surface area contributed by atoms with E-state index in [-0.39, 0.29) is 27.2 Å². The van der Waals surface area contributed by atoms with Crippen LogP contribution in [-0.2, 0) is 27.2 Å². The molecule has 0 saturated carbocycles. The lowest BCUT2D eigenvalue weighted by molar-refractivity contribution is -0.727. The van der Waals surface area contributed by atoms with Crippen molar-refractivity contribution in [1.29, 1.82) is 0 Å². The fourth-order valence-electron chi connectivity index (χ4n) is 7.79. The molecule has 0 saturated heterocycles. The Morgan fingerprint density at radius 1 is 0.952 bits per heavy atom. The van der Waals surface area contributed by atoms with Gasteiger partial charge in [-0.3, -0.25) is 0 Å². The number of nitrogens with zero attached hydrogens (tertiary/aromatic N) is 4. The monoisotopic (exact) mass is 567 g/mol. The van der Waals surface area contributed by atoms with Crippen LogP contribution in [0.3, 0.4) is 0 Å². The molecule has 5 rings (SSSR count). The van der Waals surface area contributed by atoms with Gasteiger partial charge >= 0.3 is 5.65 Å². The van der Waals surface area contributed by atoms with Crippen LogP contribution in [0.2, 0.25) is 0 Å². The highest BCUT2D eigenvalue weighted by Gasteiger charge is 2.56. The molecule has 1 aliphatic heterocycles. The molecule has 2 unspecified atom stereocenters. The van der Waals surface area contributed by atoms with Gasteiger partial charge in [-0.05, 0) is 48.8 Å². The van der Waals surface area contributed by atoms with Gasteiger partial charge in [-0.25, -0.2) is 14.5 Å². The van der Waals surface area contributed by atoms with E-state index in [0.717, 1.165) is 41.8 Å². The largest absolute Gasteiger partial charge is 0.306 e. The van der Waals surface area contributed by atoms with Crippen molar-refractivity contribution < 1.29 is 4.57 Å². The predicted molar refractivity (Wildman–Crippen MR) is 179 cm³/mol. The van der Waals surface area contributed by atoms with E-state index in [1.165, 1.54) is 46.8 Å². The van der Waals surface area contributed by atoms with Gasteiger partial charge in [0, 0.05) is 10.8 Å². The second-order valence-corrected chi connectivity index (χ2v) is 15.9. The van der Waals surface area contributed by atoms with E-state index in [1.807, 2.05) is 0 Å². The number of hydrogen-bond donors (Lipinski definition) is 0. The zero-order valence-corrected chi connectivity index (χ0v) is 28.6. The highest BCUT2D eigenvalue weighted by atomic mass is 15.2. The zero-order valence-electron chi connectivity index (χ0n) is 28.6. The SMILES string of the molecule is C=CC1(CC)c2cc(C(C)(C)C)cc3nc(C(C)(C)C)c4c(c23)[n+](c2cnc(C(C)(C)CCCCC)cn42)C1(C)CC. The Morgan fingerprint density at radius 2 is 1.64 bits per heavy atom. The molecule has 0 spiro atoms. The fraction of sp³-hybridized carbons (Fsp3) is 0.605. The van der Waals surface area contributed by atoms with Gasteiger partial charge in [0.15, 0.2) is 5.52 Å². The summed E-state index contributed by atoms with van der Waals surface area (Å²) in [6, 6.07) is 4.85. The van der Waals surface area contributed by atoms with E-state index in [1.54, 1.807) is 0 Å². The van der Waals surface area contributed by atoms with Crippen LogP contribution in [0.25, 0.3) is 27.6 Å². The van der Waals surface area contributed by atoms with E-state index in [0.29, 0.717) is 0 Å². The average Bonchev–Trinajstić information content (AvgIpc) is 3.27. The second-order valence-electron chi connectivity index (χ2n) is 15.9. The molecule has 0 N–H and O–H groups in total. The lowest BCUT2D eigenvalue weighted by Crippen LogP contribution is -2.66. The summed E-state index contributed by atoms with van der Waals surface area (Å²) in [5.41, 5.74) is 9.18. The molecule has 4 heterocycles. The number of unbranched alkanes of at least 4 members (excludes halogenated alkanes) is 2. The molecule has 2 atom stereocenters. The minimum Gasteiger partial charge on any atom is -0.248 e. The summed E-state index contributed by atoms with van der Waals surface area (Å²) in [5, 5.41) is 1.28. The van der Waals surface area contributed by atoms with Crippen LogP contribution in [0.1, 0.15) is 144 Å². The fourth-order valence-corrected chi connectivity index (χ4v) is 7.79. The van der Waals surface area contributed by atoms with Crippen molar-refractivity contribution in [2.45, 2.75) is 149 Å². The Balaban J connectivity index is 2.05. The van der Waals surface area contributed by atoms with Crippen LogP contribution < -0.4 is 4.57 Å². The Labute approximate surface area is 254 Å². The maximum atomic E-state index is 5.58. The van der Waals surface area contributed by atoms with E-state index in [9.17, 15) is 0 Å². The summed E-state index contributed by atoms with van der Waals surface area (Å²) < 4.78 is 5.09. The Bertz CT molecular complexity index is 1690. The maximum absolute atomic E-state index is 5.58. The van der Waals surface area contributed by atoms with Crippen molar-refractivity contribution in [2.75, 3.05) is 0 Å². The first kappa shape index (κ1) is 30.7. The molecular weight excluding hydrogens is 512 g/mol. The Hall–Kier alpha value is -2.75. The van der Waals surface area contributed by atoms with Crippen LogP contribution in [0.4, 0.5) is 0 Å². The minimum atomic E-state index is -0.253. The van der Waals surface area contributed by atoms with Gasteiger partial charge < -0.3 is 0 Å². The van der Waals surface area contributed by atoms with Gasteiger partial charge in [-0.2, -0.15) is 4.40 Å². The third kappa shape index (κ3) is 4.18. The van der Waals surface area contributed by atoms with Crippen molar-refractivity contribution in [3.63, 3.8) is 0 Å². The van der Waals surface area contributed by atoms with Gasteiger partial charge in [0.05, 0.1) is 27.7 Å². The van der Waals surface area contributed by atoms with Crippen molar-refractivity contribution in [2.24, 2.45) is 0 Å². The zero-order chi connectivity index (χ0) is 31.0. The van der Waals surface area contributed by atoms with E-state index >= 15 is 0 Å². The summed E-state index contributed by atoms with van der Waals surface area (Å²) in [4.78, 5) is 10.8. The van der Waals surface area contributed by atoms with Crippen molar-refractivity contribution in [1.82, 2.24) is 14.4 Å². The van der Waals surface area contributed by atoms with Gasteiger partial charge in [0.2, 0.25) is 5.52 Å². The number of fused-ring (bicyclic) bond motifs is 3. The van der Waals surface area contributed by atoms with Crippen LogP contribution in [0, 0.1) is 0 Å². The molecule has 4 nitrogen and oxygen atoms in total. The first-order valence-electron chi connectivity index (χ1n) is 16.4. The van der Waals surface area contributed by atoms with E-state index < -0.39 is 0 Å². The van der Waals surface area contributed by atoms with Gasteiger partial charge in [0.25, 0.3) is 0 Å². The average molecular weight is 568 g/mol. The summed E-state index contributed by atoms with van der Waals surface area (Å²) in [6.07, 6.45) is 13.5. The van der Waals surface area contributed by atoms with Crippen molar-refractivity contribution >= 4 is 27.6 Å². The molecule has 0 bridgehead atoms. The maximum Gasteiger partial charge on any atom is 0.306 e. The van der Waals surface area contributed by atoms with Gasteiger partial charge in [-0.1, -0.05) is 108 Å². The molecule has 4 aromatic rings. The Kier molecular flexibility index (Phi) is 7.23. The third-order valence-corrected chi connectivity index (χ3v) is 10.8. The molecule has 0 radical (unpaired) electrons. The molecular formula is C38H55N4+. The molecule has 226 valence electrons. The number of rotatable bonds is 8. The van der Waals surface area contributed by atoms with Gasteiger partial charge in [-0.15, -0.1) is 6.58 Å². The third-order valence-electron chi connectivity index (χ3n) is 10.8. The summed E-state index contributed by atoms with van der Waals surface area (Å²) in [5.74, 6) is 0. The Morgan fingerprint density at radius 3 is 2.19 bits per heavy atom. The van der Waals surface area contributed by atoms with Crippen LogP contribution in [0.5, 0.6) is 0 Å². The molecule has 42 heavy (non-hydrogen) atoms. The summed E-state index contributed by atoms with van der Waals surface area (Å²) >= 11 is 0. The molecule has 0 fully saturated rings. The number of aromatic nitrogens is 4. The van der Waals surface area contributed by atoms with Crippen LogP contribution in [0.15, 0.2) is 37.2 Å². The molecule has 0 aliphatic carbocycles. The van der Waals surface area contributed by atoms with Gasteiger partial charge in [0.1, 0.15) is 17.9 Å². The predicted octanol–water partition coefficient (Wildman–Crippen LogP) is 9.75. The summed E-state index contributed by atoms with van der Waals surface area (Å²) in [6.45, 7) is 32.5. The standard InChI is InChI=1S/C38H55N4/c1-14-18-19-20-36(11,12)28-24-41-29(23-39-28)42-31-30-26(38(16-3,17-4)37(42,13)15-2)21-25(34(5,6)7)22-27(30)40-33(32(31)41)35(8,9)10/h16,21-24H,3,14-15,17-20H2,1-2,4-13H3/q+1. The lowest BCUT2D eigenvalue weighted by Gasteiger charge is -2.47.